The van der Waals surface area contributed by atoms with Crippen molar-refractivity contribution in [1.29, 1.82) is 0 Å². The molecular weight excluding hydrogens is 389 g/mol. The molecule has 0 bridgehead atoms. The van der Waals surface area contributed by atoms with E-state index >= 15 is 0 Å². The summed E-state index contributed by atoms with van der Waals surface area (Å²) in [5.74, 6) is -0.356. The lowest BCUT2D eigenvalue weighted by molar-refractivity contribution is -0.115. The highest BCUT2D eigenvalue weighted by molar-refractivity contribution is 7.76. The van der Waals surface area contributed by atoms with E-state index in [-0.39, 0.29) is 11.6 Å². The monoisotopic (exact) mass is 418 g/mol. The zero-order valence-corrected chi connectivity index (χ0v) is 18.6. The smallest absolute Gasteiger partial charge is 0.350 e. The van der Waals surface area contributed by atoms with Crippen molar-refractivity contribution in [2.24, 2.45) is 0 Å². The molecule has 4 nitrogen and oxygen atoms in total. The number of anilines is 1. The fraction of sp³-hybridized carbons (Fsp3) is 0.455. The van der Waals surface area contributed by atoms with Crippen molar-refractivity contribution in [3.8, 4) is 0 Å². The second kappa shape index (κ2) is 9.19. The Kier molecular flexibility index (Phi) is 6.90. The highest BCUT2D eigenvalue weighted by atomic mass is 32.1. The van der Waals surface area contributed by atoms with Crippen LogP contribution in [0.2, 0.25) is 0 Å². The molecule has 1 N–H and O–H groups in total. The molecule has 150 valence electrons. The minimum absolute atomic E-state index is 0.0298. The summed E-state index contributed by atoms with van der Waals surface area (Å²) in [5, 5.41) is 4.97. The van der Waals surface area contributed by atoms with E-state index in [0.717, 1.165) is 11.7 Å². The molecule has 3 rings (SSSR count). The number of carbonyl (C=O) groups excluding carboxylic acids is 2. The van der Waals surface area contributed by atoms with Gasteiger partial charge in [0.05, 0.1) is 31.3 Å². The van der Waals surface area contributed by atoms with E-state index in [1.165, 1.54) is 55.6 Å². The third-order valence-corrected chi connectivity index (χ3v) is 12.2. The normalized spacial score (nSPS) is 17.0. The number of amides is 1. The van der Waals surface area contributed by atoms with Crippen LogP contribution < -0.4 is 5.32 Å². The summed E-state index contributed by atoms with van der Waals surface area (Å²) >= 11 is 1.32. The van der Waals surface area contributed by atoms with E-state index in [9.17, 15) is 9.59 Å². The molecule has 2 heterocycles. The zero-order valence-electron chi connectivity index (χ0n) is 16.9. The lowest BCUT2D eigenvalue weighted by Crippen LogP contribution is -2.33. The van der Waals surface area contributed by atoms with Gasteiger partial charge < -0.3 is 10.1 Å². The Morgan fingerprint density at radius 2 is 1.86 bits per heavy atom. The second-order valence-electron chi connectivity index (χ2n) is 7.65. The van der Waals surface area contributed by atoms with Gasteiger partial charge in [0.2, 0.25) is 0 Å². The van der Waals surface area contributed by atoms with Gasteiger partial charge in [-0.3, -0.25) is 4.79 Å². The summed E-state index contributed by atoms with van der Waals surface area (Å²) in [7, 11) is -0.0943. The Bertz CT molecular complexity index is 828. The van der Waals surface area contributed by atoms with Crippen molar-refractivity contribution >= 4 is 36.2 Å². The van der Waals surface area contributed by atoms with Crippen molar-refractivity contribution < 1.29 is 14.3 Å². The average molecular weight is 419 g/mol. The summed E-state index contributed by atoms with van der Waals surface area (Å²) in [6, 6.07) is 10.6. The molecule has 1 saturated heterocycles. The first kappa shape index (κ1) is 21.0. The third-order valence-electron chi connectivity index (χ3n) is 5.84. The number of hydrogen-bond donors (Lipinski definition) is 1. The summed E-state index contributed by atoms with van der Waals surface area (Å²) in [6.07, 6.45) is 7.05. The molecule has 1 unspecified atom stereocenters. The molecule has 1 aromatic heterocycles. The average Bonchev–Trinajstić information content (AvgIpc) is 3.08. The number of benzene rings is 1. The SMILES string of the molecule is COC(=O)c1scc(C)c1NC(=O)C(C)[P+]1(Cc2ccccc2)CCCCC1. The first-order valence-electron chi connectivity index (χ1n) is 9.84. The number of carbonyl (C=O) groups is 2. The molecule has 6 heteroatoms. The minimum Gasteiger partial charge on any atom is -0.465 e. The maximum Gasteiger partial charge on any atom is 0.350 e. The van der Waals surface area contributed by atoms with E-state index in [0.29, 0.717) is 10.6 Å². The molecule has 1 aliphatic rings. The highest BCUT2D eigenvalue weighted by Crippen LogP contribution is 2.68. The molecule has 1 amide bonds. The van der Waals surface area contributed by atoms with E-state index in [1.807, 2.05) is 18.4 Å². The van der Waals surface area contributed by atoms with Crippen LogP contribution in [0.15, 0.2) is 35.7 Å². The van der Waals surface area contributed by atoms with Crippen molar-refractivity contribution in [1.82, 2.24) is 0 Å². The van der Waals surface area contributed by atoms with E-state index in [1.54, 1.807) is 0 Å². The van der Waals surface area contributed by atoms with Gasteiger partial charge in [0.1, 0.15) is 10.5 Å². The van der Waals surface area contributed by atoms with E-state index < -0.39 is 13.2 Å². The lowest BCUT2D eigenvalue weighted by atomic mass is 10.2. The fourth-order valence-electron chi connectivity index (χ4n) is 4.09. The Hall–Kier alpha value is -1.71. The topological polar surface area (TPSA) is 55.4 Å². The highest BCUT2D eigenvalue weighted by Gasteiger charge is 2.48. The van der Waals surface area contributed by atoms with Gasteiger partial charge in [-0.25, -0.2) is 4.79 Å². The summed E-state index contributed by atoms with van der Waals surface area (Å²) in [6.45, 7) is 4.01. The zero-order chi connectivity index (χ0) is 20.1. The number of methoxy groups -OCH3 is 1. The maximum absolute atomic E-state index is 13.3. The van der Waals surface area contributed by atoms with Gasteiger partial charge in [-0.05, 0) is 49.6 Å². The number of rotatable bonds is 6. The van der Waals surface area contributed by atoms with E-state index in [4.69, 9.17) is 4.74 Å². The Morgan fingerprint density at radius 1 is 1.18 bits per heavy atom. The second-order valence-corrected chi connectivity index (χ2v) is 13.0. The molecule has 1 aromatic carbocycles. The van der Waals surface area contributed by atoms with Crippen LogP contribution >= 0.6 is 18.6 Å². The van der Waals surface area contributed by atoms with Crippen LogP contribution in [0.3, 0.4) is 0 Å². The Morgan fingerprint density at radius 3 is 2.50 bits per heavy atom. The Balaban J connectivity index is 1.83. The number of esters is 1. The van der Waals surface area contributed by atoms with Gasteiger partial charge in [0.15, 0.2) is 0 Å². The van der Waals surface area contributed by atoms with Crippen molar-refractivity contribution in [3.05, 3.63) is 51.7 Å². The van der Waals surface area contributed by atoms with Crippen molar-refractivity contribution in [2.75, 3.05) is 24.8 Å². The van der Waals surface area contributed by atoms with Gasteiger partial charge >= 0.3 is 5.97 Å². The molecule has 0 aliphatic carbocycles. The van der Waals surface area contributed by atoms with Crippen LogP contribution in [0.25, 0.3) is 0 Å². The number of hydrogen-bond acceptors (Lipinski definition) is 4. The van der Waals surface area contributed by atoms with Gasteiger partial charge in [-0.2, -0.15) is 0 Å². The lowest BCUT2D eigenvalue weighted by Gasteiger charge is -2.35. The molecule has 1 aliphatic heterocycles. The van der Waals surface area contributed by atoms with Crippen LogP contribution in [-0.4, -0.2) is 37.0 Å². The van der Waals surface area contributed by atoms with Crippen molar-refractivity contribution in [3.63, 3.8) is 0 Å². The maximum atomic E-state index is 13.3. The number of ether oxygens (including phenoxy) is 1. The van der Waals surface area contributed by atoms with Crippen LogP contribution in [0.5, 0.6) is 0 Å². The van der Waals surface area contributed by atoms with Crippen LogP contribution in [0.1, 0.15) is 47.0 Å². The third kappa shape index (κ3) is 4.47. The number of thiophene rings is 1. The van der Waals surface area contributed by atoms with Crippen molar-refractivity contribution in [2.45, 2.75) is 44.9 Å². The predicted molar refractivity (Wildman–Crippen MR) is 119 cm³/mol. The van der Waals surface area contributed by atoms with E-state index in [2.05, 4.69) is 36.5 Å². The summed E-state index contributed by atoms with van der Waals surface area (Å²) in [4.78, 5) is 25.8. The van der Waals surface area contributed by atoms with Gasteiger partial charge in [-0.1, -0.05) is 30.3 Å². The standard InChI is InChI=1S/C22H28NO3PS/c1-16-15-28-20(22(25)26-3)19(16)23-21(24)17(2)27(12-8-5-9-13-27)14-18-10-6-4-7-11-18/h4,6-7,10-11,15,17H,5,8-9,12-14H2,1-3H3/p+1. The molecule has 2 aromatic rings. The molecular formula is C22H29NO3PS+. The van der Waals surface area contributed by atoms with Crippen LogP contribution in [0.4, 0.5) is 5.69 Å². The van der Waals surface area contributed by atoms with Gasteiger partial charge in [0, 0.05) is 7.26 Å². The first-order chi connectivity index (χ1) is 13.5. The molecule has 1 fully saturated rings. The molecule has 0 saturated carbocycles. The Labute approximate surface area is 172 Å². The van der Waals surface area contributed by atoms with Gasteiger partial charge in [0.25, 0.3) is 5.91 Å². The first-order valence-corrected chi connectivity index (χ1v) is 13.1. The quantitative estimate of drug-likeness (QED) is 0.493. The fourth-order valence-corrected chi connectivity index (χ4v) is 9.81. The molecule has 1 atom stereocenters. The van der Waals surface area contributed by atoms with Gasteiger partial charge in [-0.15, -0.1) is 11.3 Å². The minimum atomic E-state index is -1.46. The largest absolute Gasteiger partial charge is 0.465 e. The number of aryl methyl sites for hydroxylation is 1. The number of nitrogens with one attached hydrogen (secondary N) is 1. The molecule has 0 radical (unpaired) electrons. The molecule has 28 heavy (non-hydrogen) atoms. The van der Waals surface area contributed by atoms with Crippen LogP contribution in [-0.2, 0) is 15.7 Å². The summed E-state index contributed by atoms with van der Waals surface area (Å²) in [5.41, 5.74) is 2.82. The molecule has 0 spiro atoms. The summed E-state index contributed by atoms with van der Waals surface area (Å²) < 4.78 is 4.87. The van der Waals surface area contributed by atoms with Crippen LogP contribution in [0, 0.1) is 6.92 Å². The predicted octanol–water partition coefficient (Wildman–Crippen LogP) is 5.57.